The number of benzene rings is 1. The van der Waals surface area contributed by atoms with Crippen LogP contribution in [0, 0.1) is 0 Å². The lowest BCUT2D eigenvalue weighted by atomic mass is 10.00. The predicted molar refractivity (Wildman–Crippen MR) is 68.5 cm³/mol. The average molecular weight is 263 g/mol. The number of rotatable bonds is 4. The lowest BCUT2D eigenvalue weighted by Crippen LogP contribution is -2.34. The zero-order valence-electron chi connectivity index (χ0n) is 9.55. The summed E-state index contributed by atoms with van der Waals surface area (Å²) < 4.78 is 5.28. The first kappa shape index (κ1) is 13.6. The zero-order chi connectivity index (χ0) is 12.3. The highest BCUT2D eigenvalue weighted by Crippen LogP contribution is 2.36. The van der Waals surface area contributed by atoms with Crippen LogP contribution in [0.2, 0.25) is 10.0 Å². The first-order valence-corrected chi connectivity index (χ1v) is 5.72. The molecule has 16 heavy (non-hydrogen) atoms. The van der Waals surface area contributed by atoms with Gasteiger partial charge in [0.1, 0.15) is 5.75 Å². The van der Waals surface area contributed by atoms with E-state index >= 15 is 0 Å². The smallest absolute Gasteiger partial charge is 0.142 e. The van der Waals surface area contributed by atoms with Gasteiger partial charge in [-0.25, -0.2) is 0 Å². The number of likely N-dealkylation sites (N-methyl/N-ethyl adjacent to an activating group) is 1. The molecule has 1 aromatic rings. The number of halogens is 2. The van der Waals surface area contributed by atoms with E-state index in [1.54, 1.807) is 13.2 Å². The normalized spacial score (nSPS) is 14.6. The first-order valence-electron chi connectivity index (χ1n) is 4.97. The molecule has 1 aromatic carbocycles. The Morgan fingerprint density at radius 1 is 1.38 bits per heavy atom. The van der Waals surface area contributed by atoms with Gasteiger partial charge < -0.3 is 15.8 Å². The third-order valence-corrected chi connectivity index (χ3v) is 2.91. The molecule has 0 amide bonds. The topological polar surface area (TPSA) is 47.3 Å². The van der Waals surface area contributed by atoms with Crippen LogP contribution in [0.3, 0.4) is 0 Å². The van der Waals surface area contributed by atoms with Crippen LogP contribution < -0.4 is 15.8 Å². The fourth-order valence-corrected chi connectivity index (χ4v) is 2.31. The fourth-order valence-electron chi connectivity index (χ4n) is 1.73. The van der Waals surface area contributed by atoms with Crippen molar-refractivity contribution >= 4 is 23.2 Å². The van der Waals surface area contributed by atoms with Crippen LogP contribution in [-0.4, -0.2) is 20.2 Å². The van der Waals surface area contributed by atoms with Gasteiger partial charge in [-0.1, -0.05) is 23.2 Å². The summed E-state index contributed by atoms with van der Waals surface area (Å²) in [5, 5.41) is 4.19. The lowest BCUT2D eigenvalue weighted by molar-refractivity contribution is 0.394. The third-order valence-electron chi connectivity index (χ3n) is 2.41. The SMILES string of the molecule is CNC(c1cc(Cl)cc(Cl)c1OC)C(C)N. The van der Waals surface area contributed by atoms with Gasteiger partial charge in [0.15, 0.2) is 0 Å². The van der Waals surface area contributed by atoms with Crippen molar-refractivity contribution in [1.82, 2.24) is 5.32 Å². The molecule has 2 atom stereocenters. The number of nitrogens with two attached hydrogens (primary N) is 1. The lowest BCUT2D eigenvalue weighted by Gasteiger charge is -2.23. The van der Waals surface area contributed by atoms with Gasteiger partial charge in [-0.2, -0.15) is 0 Å². The molecule has 5 heteroatoms. The van der Waals surface area contributed by atoms with E-state index in [0.29, 0.717) is 15.8 Å². The monoisotopic (exact) mass is 262 g/mol. The Bertz CT molecular complexity index is 369. The molecule has 0 spiro atoms. The maximum absolute atomic E-state index is 6.06. The Balaban J connectivity index is 3.29. The molecule has 0 fully saturated rings. The molecule has 0 aliphatic rings. The molecule has 90 valence electrons. The van der Waals surface area contributed by atoms with E-state index < -0.39 is 0 Å². The molecule has 3 nitrogen and oxygen atoms in total. The highest BCUT2D eigenvalue weighted by Gasteiger charge is 2.20. The van der Waals surface area contributed by atoms with Gasteiger partial charge in [0.2, 0.25) is 0 Å². The van der Waals surface area contributed by atoms with Crippen molar-refractivity contribution in [2.75, 3.05) is 14.2 Å². The minimum atomic E-state index is -0.0755. The van der Waals surface area contributed by atoms with Crippen molar-refractivity contribution in [2.24, 2.45) is 5.73 Å². The molecule has 0 bridgehead atoms. The maximum atomic E-state index is 6.06. The molecule has 0 saturated heterocycles. The molecule has 0 aliphatic carbocycles. The molecular formula is C11H16Cl2N2O. The minimum Gasteiger partial charge on any atom is -0.495 e. The summed E-state index contributed by atoms with van der Waals surface area (Å²) in [6, 6.07) is 3.34. The highest BCUT2D eigenvalue weighted by molar-refractivity contribution is 6.35. The van der Waals surface area contributed by atoms with Crippen LogP contribution in [0.4, 0.5) is 0 Å². The summed E-state index contributed by atoms with van der Waals surface area (Å²) in [5.74, 6) is 0.614. The molecule has 0 saturated carbocycles. The number of hydrogen-bond donors (Lipinski definition) is 2. The van der Waals surface area contributed by atoms with E-state index in [9.17, 15) is 0 Å². The third kappa shape index (κ3) is 2.80. The van der Waals surface area contributed by atoms with Gasteiger partial charge >= 0.3 is 0 Å². The van der Waals surface area contributed by atoms with Crippen molar-refractivity contribution in [3.63, 3.8) is 0 Å². The van der Waals surface area contributed by atoms with Gasteiger partial charge in [-0.05, 0) is 26.1 Å². The Hall–Kier alpha value is -0.480. The van der Waals surface area contributed by atoms with E-state index in [4.69, 9.17) is 33.7 Å². The van der Waals surface area contributed by atoms with Gasteiger partial charge in [0.25, 0.3) is 0 Å². The average Bonchev–Trinajstić information content (AvgIpc) is 2.17. The predicted octanol–water partition coefficient (Wildman–Crippen LogP) is 2.61. The highest BCUT2D eigenvalue weighted by atomic mass is 35.5. The van der Waals surface area contributed by atoms with Crippen LogP contribution in [0.25, 0.3) is 0 Å². The van der Waals surface area contributed by atoms with Crippen molar-refractivity contribution in [3.8, 4) is 5.75 Å². The molecular weight excluding hydrogens is 247 g/mol. The van der Waals surface area contributed by atoms with E-state index in [1.165, 1.54) is 0 Å². The number of hydrogen-bond acceptors (Lipinski definition) is 3. The van der Waals surface area contributed by atoms with E-state index in [1.807, 2.05) is 20.0 Å². The molecule has 0 aliphatic heterocycles. The number of nitrogens with one attached hydrogen (secondary N) is 1. The van der Waals surface area contributed by atoms with Crippen molar-refractivity contribution < 1.29 is 4.74 Å². The van der Waals surface area contributed by atoms with Crippen molar-refractivity contribution in [1.29, 1.82) is 0 Å². The van der Waals surface area contributed by atoms with Gasteiger partial charge in [-0.15, -0.1) is 0 Å². The quantitative estimate of drug-likeness (QED) is 0.877. The molecule has 2 unspecified atom stereocenters. The fraction of sp³-hybridized carbons (Fsp3) is 0.455. The van der Waals surface area contributed by atoms with Gasteiger partial charge in [0.05, 0.1) is 18.2 Å². The van der Waals surface area contributed by atoms with E-state index in [0.717, 1.165) is 5.56 Å². The second-order valence-electron chi connectivity index (χ2n) is 3.64. The molecule has 3 N–H and O–H groups in total. The molecule has 0 radical (unpaired) electrons. The summed E-state index contributed by atoms with van der Waals surface area (Å²) in [5.41, 5.74) is 6.77. The van der Waals surface area contributed by atoms with Crippen molar-refractivity contribution in [2.45, 2.75) is 19.0 Å². The van der Waals surface area contributed by atoms with Gasteiger partial charge in [0, 0.05) is 16.6 Å². The van der Waals surface area contributed by atoms with E-state index in [-0.39, 0.29) is 12.1 Å². The van der Waals surface area contributed by atoms with E-state index in [2.05, 4.69) is 5.32 Å². The summed E-state index contributed by atoms with van der Waals surface area (Å²) in [4.78, 5) is 0. The van der Waals surface area contributed by atoms with Crippen LogP contribution in [-0.2, 0) is 0 Å². The van der Waals surface area contributed by atoms with Crippen LogP contribution >= 0.6 is 23.2 Å². The summed E-state index contributed by atoms with van der Waals surface area (Å²) in [6.45, 7) is 1.91. The summed E-state index contributed by atoms with van der Waals surface area (Å²) >= 11 is 12.0. The second kappa shape index (κ2) is 5.73. The zero-order valence-corrected chi connectivity index (χ0v) is 11.1. The Labute approximate surface area is 106 Å². The maximum Gasteiger partial charge on any atom is 0.142 e. The molecule has 0 aromatic heterocycles. The number of methoxy groups -OCH3 is 1. The van der Waals surface area contributed by atoms with Crippen molar-refractivity contribution in [3.05, 3.63) is 27.7 Å². The second-order valence-corrected chi connectivity index (χ2v) is 4.48. The van der Waals surface area contributed by atoms with Crippen LogP contribution in [0.5, 0.6) is 5.75 Å². The Morgan fingerprint density at radius 3 is 2.44 bits per heavy atom. The van der Waals surface area contributed by atoms with Gasteiger partial charge in [-0.3, -0.25) is 0 Å². The minimum absolute atomic E-state index is 0.0499. The Kier molecular flexibility index (Phi) is 4.87. The molecule has 0 heterocycles. The molecule has 1 rings (SSSR count). The summed E-state index contributed by atoms with van der Waals surface area (Å²) in [6.07, 6.45) is 0. The van der Waals surface area contributed by atoms with Crippen LogP contribution in [0.1, 0.15) is 18.5 Å². The largest absolute Gasteiger partial charge is 0.495 e. The number of ether oxygens (including phenoxy) is 1. The standard InChI is InChI=1S/C11H16Cl2N2O/c1-6(14)10(15-2)8-4-7(12)5-9(13)11(8)16-3/h4-6,10,15H,14H2,1-3H3. The Morgan fingerprint density at radius 2 is 2.00 bits per heavy atom. The van der Waals surface area contributed by atoms with Crippen LogP contribution in [0.15, 0.2) is 12.1 Å². The summed E-state index contributed by atoms with van der Waals surface area (Å²) in [7, 11) is 3.41. The first-order chi connectivity index (χ1) is 7.51.